The molecule has 1 aromatic carbocycles. The highest BCUT2D eigenvalue weighted by Crippen LogP contribution is 2.29. The van der Waals surface area contributed by atoms with Gasteiger partial charge in [0, 0.05) is 5.02 Å². The Hall–Kier alpha value is -1.24. The van der Waals surface area contributed by atoms with Gasteiger partial charge < -0.3 is 0 Å². The fourth-order valence-electron chi connectivity index (χ4n) is 1.58. The van der Waals surface area contributed by atoms with Crippen molar-refractivity contribution in [3.05, 3.63) is 46.7 Å². The molecule has 0 aliphatic heterocycles. The molecule has 19 heavy (non-hydrogen) atoms. The molecular formula is C11H8Cl2F3N3. The molecule has 1 heterocycles. The van der Waals surface area contributed by atoms with Crippen molar-refractivity contribution in [2.45, 2.75) is 12.7 Å². The summed E-state index contributed by atoms with van der Waals surface area (Å²) in [5, 5.41) is 3.95. The van der Waals surface area contributed by atoms with Gasteiger partial charge in [-0.05, 0) is 36.0 Å². The fourth-order valence-corrected chi connectivity index (χ4v) is 1.91. The summed E-state index contributed by atoms with van der Waals surface area (Å²) in [5.74, 6) is 0. The molecule has 2 aromatic rings. The van der Waals surface area contributed by atoms with Gasteiger partial charge in [-0.25, -0.2) is 9.52 Å². The molecule has 0 saturated carbocycles. The highest BCUT2D eigenvalue weighted by Gasteiger charge is 2.35. The Morgan fingerprint density at radius 1 is 1.26 bits per heavy atom. The highest BCUT2D eigenvalue weighted by molar-refractivity contribution is 6.30. The van der Waals surface area contributed by atoms with E-state index >= 15 is 0 Å². The molecule has 0 fully saturated rings. The minimum atomic E-state index is -4.51. The minimum Gasteiger partial charge on any atom is -0.236 e. The molecule has 0 aliphatic carbocycles. The zero-order chi connectivity index (χ0) is 14.0. The Bertz CT molecular complexity index is 581. The Kier molecular flexibility index (Phi) is 4.03. The molecule has 0 radical (unpaired) electrons. The number of hydrogen-bond acceptors (Lipinski definition) is 2. The van der Waals surface area contributed by atoms with Crippen LogP contribution in [-0.2, 0) is 12.7 Å². The van der Waals surface area contributed by atoms with Crippen LogP contribution >= 0.6 is 23.4 Å². The van der Waals surface area contributed by atoms with Crippen LogP contribution in [0.2, 0.25) is 5.02 Å². The van der Waals surface area contributed by atoms with Gasteiger partial charge in [-0.3, -0.25) is 0 Å². The molecule has 2 rings (SSSR count). The van der Waals surface area contributed by atoms with Crippen molar-refractivity contribution in [1.82, 2.24) is 14.6 Å². The Morgan fingerprint density at radius 2 is 2.00 bits per heavy atom. The molecule has 0 bridgehead atoms. The first-order chi connectivity index (χ1) is 8.91. The Balaban J connectivity index is 2.52. The summed E-state index contributed by atoms with van der Waals surface area (Å²) in [4.78, 5) is 2.28. The highest BCUT2D eigenvalue weighted by atomic mass is 35.5. The normalized spacial score (nSPS) is 11.8. The van der Waals surface area contributed by atoms with Crippen LogP contribution in [0.4, 0.5) is 13.2 Å². The SMILES string of the molecule is FC(F)(F)c1cc(CNCl)n(-c2cccc(Cl)c2)n1. The van der Waals surface area contributed by atoms with E-state index in [0.29, 0.717) is 10.7 Å². The zero-order valence-corrected chi connectivity index (χ0v) is 10.9. The topological polar surface area (TPSA) is 29.9 Å². The van der Waals surface area contributed by atoms with Crippen molar-refractivity contribution < 1.29 is 13.2 Å². The van der Waals surface area contributed by atoms with Gasteiger partial charge in [0.25, 0.3) is 0 Å². The third-order valence-electron chi connectivity index (χ3n) is 2.37. The number of benzene rings is 1. The predicted octanol–water partition coefficient (Wildman–Crippen LogP) is 3.79. The van der Waals surface area contributed by atoms with Crippen molar-refractivity contribution in [3.8, 4) is 5.69 Å². The predicted molar refractivity (Wildman–Crippen MR) is 66.3 cm³/mol. The minimum absolute atomic E-state index is 0.0388. The lowest BCUT2D eigenvalue weighted by Crippen LogP contribution is -2.09. The third kappa shape index (κ3) is 3.20. The van der Waals surface area contributed by atoms with Crippen LogP contribution in [-0.4, -0.2) is 9.78 Å². The number of nitrogens with one attached hydrogen (secondary N) is 1. The molecule has 1 aromatic heterocycles. The van der Waals surface area contributed by atoms with Crippen molar-refractivity contribution in [3.63, 3.8) is 0 Å². The second kappa shape index (κ2) is 5.40. The molecule has 3 nitrogen and oxygen atoms in total. The average molecular weight is 310 g/mol. The first kappa shape index (κ1) is 14.2. The molecule has 0 amide bonds. The largest absolute Gasteiger partial charge is 0.435 e. The molecule has 0 saturated heterocycles. The van der Waals surface area contributed by atoms with Crippen molar-refractivity contribution >= 4 is 23.4 Å². The summed E-state index contributed by atoms with van der Waals surface area (Å²) < 4.78 is 39.1. The number of nitrogens with zero attached hydrogens (tertiary/aromatic N) is 2. The summed E-state index contributed by atoms with van der Waals surface area (Å²) in [7, 11) is 0. The van der Waals surface area contributed by atoms with E-state index in [1.54, 1.807) is 18.2 Å². The van der Waals surface area contributed by atoms with Gasteiger partial charge in [-0.1, -0.05) is 17.7 Å². The average Bonchev–Trinajstić information content (AvgIpc) is 2.73. The first-order valence-electron chi connectivity index (χ1n) is 5.17. The Labute approximate surface area is 117 Å². The third-order valence-corrected chi connectivity index (χ3v) is 2.74. The van der Waals surface area contributed by atoms with Crippen molar-refractivity contribution in [2.75, 3.05) is 0 Å². The van der Waals surface area contributed by atoms with Crippen LogP contribution in [0.25, 0.3) is 5.69 Å². The first-order valence-corrected chi connectivity index (χ1v) is 5.93. The van der Waals surface area contributed by atoms with Gasteiger partial charge >= 0.3 is 6.18 Å². The monoisotopic (exact) mass is 309 g/mol. The molecule has 0 unspecified atom stereocenters. The van der Waals surface area contributed by atoms with Gasteiger partial charge in [0.15, 0.2) is 5.69 Å². The van der Waals surface area contributed by atoms with Crippen LogP contribution < -0.4 is 4.84 Å². The lowest BCUT2D eigenvalue weighted by atomic mass is 10.3. The molecule has 102 valence electrons. The van der Waals surface area contributed by atoms with E-state index in [-0.39, 0.29) is 12.2 Å². The summed E-state index contributed by atoms with van der Waals surface area (Å²) in [5.41, 5.74) is -0.260. The van der Waals surface area contributed by atoms with Crippen LogP contribution in [0.15, 0.2) is 30.3 Å². The fraction of sp³-hybridized carbons (Fsp3) is 0.182. The Morgan fingerprint density at radius 3 is 2.58 bits per heavy atom. The standard InChI is InChI=1S/C11H8Cl2F3N3/c12-7-2-1-3-8(4-7)19-9(6-17-13)5-10(18-19)11(14,15)16/h1-5,17H,6H2. The quantitative estimate of drug-likeness (QED) is 0.874. The number of hydrogen-bond donors (Lipinski definition) is 1. The van der Waals surface area contributed by atoms with E-state index < -0.39 is 11.9 Å². The van der Waals surface area contributed by atoms with Crippen LogP contribution in [0.5, 0.6) is 0 Å². The lowest BCUT2D eigenvalue weighted by molar-refractivity contribution is -0.141. The molecule has 0 spiro atoms. The number of aromatic nitrogens is 2. The van der Waals surface area contributed by atoms with Gasteiger partial charge in [0.05, 0.1) is 17.9 Å². The maximum absolute atomic E-state index is 12.7. The smallest absolute Gasteiger partial charge is 0.236 e. The summed E-state index contributed by atoms with van der Waals surface area (Å²) in [6.07, 6.45) is -4.51. The molecule has 1 N–H and O–H groups in total. The second-order valence-corrected chi connectivity index (χ2v) is 4.42. The van der Waals surface area contributed by atoms with E-state index in [9.17, 15) is 13.2 Å². The molecular weight excluding hydrogens is 302 g/mol. The lowest BCUT2D eigenvalue weighted by Gasteiger charge is -2.06. The molecule has 8 heteroatoms. The van der Waals surface area contributed by atoms with Gasteiger partial charge in [-0.15, -0.1) is 0 Å². The number of halogens is 5. The summed E-state index contributed by atoms with van der Waals surface area (Å²) in [6, 6.07) is 7.32. The zero-order valence-electron chi connectivity index (χ0n) is 9.38. The van der Waals surface area contributed by atoms with E-state index in [4.69, 9.17) is 23.4 Å². The van der Waals surface area contributed by atoms with Crippen molar-refractivity contribution in [2.24, 2.45) is 0 Å². The second-order valence-electron chi connectivity index (χ2n) is 3.72. The van der Waals surface area contributed by atoms with Gasteiger partial charge in [0.1, 0.15) is 0 Å². The van der Waals surface area contributed by atoms with E-state index in [2.05, 4.69) is 9.93 Å². The van der Waals surface area contributed by atoms with E-state index in [1.807, 2.05) is 0 Å². The molecule has 0 atom stereocenters. The summed E-state index contributed by atoms with van der Waals surface area (Å²) >= 11 is 11.2. The van der Waals surface area contributed by atoms with Crippen LogP contribution in [0, 0.1) is 0 Å². The van der Waals surface area contributed by atoms with Crippen LogP contribution in [0.3, 0.4) is 0 Å². The molecule has 0 aliphatic rings. The number of alkyl halides is 3. The number of rotatable bonds is 3. The maximum Gasteiger partial charge on any atom is 0.435 e. The maximum atomic E-state index is 12.7. The van der Waals surface area contributed by atoms with Crippen LogP contribution in [0.1, 0.15) is 11.4 Å². The van der Waals surface area contributed by atoms with Gasteiger partial charge in [-0.2, -0.15) is 18.3 Å². The van der Waals surface area contributed by atoms with E-state index in [0.717, 1.165) is 10.7 Å². The van der Waals surface area contributed by atoms with Gasteiger partial charge in [0.2, 0.25) is 0 Å². The van der Waals surface area contributed by atoms with Crippen molar-refractivity contribution in [1.29, 1.82) is 0 Å². The van der Waals surface area contributed by atoms with E-state index in [1.165, 1.54) is 6.07 Å². The summed E-state index contributed by atoms with van der Waals surface area (Å²) in [6.45, 7) is 0.0388.